The van der Waals surface area contributed by atoms with E-state index < -0.39 is 9.84 Å². The Bertz CT molecular complexity index is 646. The Hall–Kier alpha value is -1.29. The number of hydrogen-bond donors (Lipinski definition) is 0. The summed E-state index contributed by atoms with van der Waals surface area (Å²) < 4.78 is 24.7. The number of fused-ring (bicyclic) bond motifs is 2. The molecule has 1 aromatic carbocycles. The standard InChI is InChI=1S/C16H21NO2S/c1-17(2)16-9-4-3-8-15(16)12-10-13-6-5-7-14(11-12)20(13,18)19/h3-4,8-10,13-14H,5-7,11H2,1-2H3. The second-order valence-electron chi connectivity index (χ2n) is 5.99. The van der Waals surface area contributed by atoms with Gasteiger partial charge in [0, 0.05) is 25.3 Å². The predicted octanol–water partition coefficient (Wildman–Crippen LogP) is 2.88. The highest BCUT2D eigenvalue weighted by Crippen LogP contribution is 2.41. The number of nitrogens with zero attached hydrogens (tertiary/aromatic N) is 1. The van der Waals surface area contributed by atoms with Crippen LogP contribution in [0.4, 0.5) is 5.69 Å². The molecule has 3 rings (SSSR count). The number of para-hydroxylation sites is 1. The molecular weight excluding hydrogens is 270 g/mol. The third-order valence-corrected chi connectivity index (χ3v) is 7.02. The smallest absolute Gasteiger partial charge is 0.159 e. The lowest BCUT2D eigenvalue weighted by Crippen LogP contribution is -2.38. The molecule has 2 unspecified atom stereocenters. The number of rotatable bonds is 2. The third kappa shape index (κ3) is 2.16. The normalized spacial score (nSPS) is 27.8. The van der Waals surface area contributed by atoms with Crippen LogP contribution in [0.1, 0.15) is 31.2 Å². The molecule has 20 heavy (non-hydrogen) atoms. The Labute approximate surface area is 121 Å². The van der Waals surface area contributed by atoms with Crippen molar-refractivity contribution in [3.05, 3.63) is 35.9 Å². The lowest BCUT2D eigenvalue weighted by atomic mass is 9.92. The minimum Gasteiger partial charge on any atom is -0.377 e. The molecule has 2 bridgehead atoms. The summed E-state index contributed by atoms with van der Waals surface area (Å²) >= 11 is 0. The molecule has 1 fully saturated rings. The van der Waals surface area contributed by atoms with E-state index in [1.165, 1.54) is 11.1 Å². The van der Waals surface area contributed by atoms with E-state index in [-0.39, 0.29) is 10.5 Å². The Morgan fingerprint density at radius 1 is 1.15 bits per heavy atom. The van der Waals surface area contributed by atoms with E-state index in [0.717, 1.165) is 24.9 Å². The largest absolute Gasteiger partial charge is 0.377 e. The summed E-state index contributed by atoms with van der Waals surface area (Å²) in [5.41, 5.74) is 3.55. The maximum Gasteiger partial charge on any atom is 0.159 e. The van der Waals surface area contributed by atoms with Gasteiger partial charge in [0.15, 0.2) is 9.84 Å². The molecule has 0 radical (unpaired) electrons. The molecule has 0 saturated carbocycles. The maximum atomic E-state index is 12.3. The van der Waals surface area contributed by atoms with Crippen LogP contribution in [-0.4, -0.2) is 33.0 Å². The second kappa shape index (κ2) is 4.92. The van der Waals surface area contributed by atoms with Gasteiger partial charge in [-0.25, -0.2) is 8.42 Å². The number of sulfone groups is 1. The van der Waals surface area contributed by atoms with Crippen molar-refractivity contribution in [2.45, 2.75) is 36.2 Å². The molecule has 3 nitrogen and oxygen atoms in total. The van der Waals surface area contributed by atoms with Gasteiger partial charge in [-0.1, -0.05) is 30.7 Å². The molecule has 0 N–H and O–H groups in total. The third-order valence-electron chi connectivity index (χ3n) is 4.47. The highest BCUT2D eigenvalue weighted by atomic mass is 32.2. The van der Waals surface area contributed by atoms with Crippen LogP contribution in [0.15, 0.2) is 30.3 Å². The van der Waals surface area contributed by atoms with Crippen LogP contribution < -0.4 is 4.90 Å². The molecule has 0 aromatic heterocycles. The SMILES string of the molecule is CN(C)c1ccccc1C1=CC2CCCC(C1)S2(=O)=O. The zero-order valence-corrected chi connectivity index (χ0v) is 12.9. The topological polar surface area (TPSA) is 37.4 Å². The van der Waals surface area contributed by atoms with Crippen LogP contribution in [-0.2, 0) is 9.84 Å². The molecule has 108 valence electrons. The molecule has 2 atom stereocenters. The quantitative estimate of drug-likeness (QED) is 0.841. The van der Waals surface area contributed by atoms with E-state index in [1.54, 1.807) is 0 Å². The Morgan fingerprint density at radius 3 is 2.60 bits per heavy atom. The van der Waals surface area contributed by atoms with Gasteiger partial charge >= 0.3 is 0 Å². The van der Waals surface area contributed by atoms with E-state index in [9.17, 15) is 8.42 Å². The predicted molar refractivity (Wildman–Crippen MR) is 83.7 cm³/mol. The number of hydrogen-bond acceptors (Lipinski definition) is 3. The first kappa shape index (κ1) is 13.7. The van der Waals surface area contributed by atoms with Crippen molar-refractivity contribution < 1.29 is 8.42 Å². The van der Waals surface area contributed by atoms with E-state index in [4.69, 9.17) is 0 Å². The molecule has 0 amide bonds. The van der Waals surface area contributed by atoms with Crippen molar-refractivity contribution in [1.29, 1.82) is 0 Å². The zero-order valence-electron chi connectivity index (χ0n) is 12.0. The fourth-order valence-corrected chi connectivity index (χ4v) is 5.64. The number of benzene rings is 1. The Morgan fingerprint density at radius 2 is 1.90 bits per heavy atom. The highest BCUT2D eigenvalue weighted by Gasteiger charge is 2.40. The fourth-order valence-electron chi connectivity index (χ4n) is 3.39. The summed E-state index contributed by atoms with van der Waals surface area (Å²) in [6.07, 6.45) is 5.32. The van der Waals surface area contributed by atoms with Crippen molar-refractivity contribution in [2.75, 3.05) is 19.0 Å². The summed E-state index contributed by atoms with van der Waals surface area (Å²) in [6.45, 7) is 0. The van der Waals surface area contributed by atoms with Gasteiger partial charge in [0.05, 0.1) is 10.5 Å². The lowest BCUT2D eigenvalue weighted by Gasteiger charge is -2.34. The van der Waals surface area contributed by atoms with Crippen molar-refractivity contribution in [3.63, 3.8) is 0 Å². The monoisotopic (exact) mass is 291 g/mol. The molecule has 0 spiro atoms. The van der Waals surface area contributed by atoms with Gasteiger partial charge in [0.1, 0.15) is 0 Å². The summed E-state index contributed by atoms with van der Waals surface area (Å²) in [5, 5.41) is -0.434. The van der Waals surface area contributed by atoms with Crippen LogP contribution in [0.25, 0.3) is 5.57 Å². The van der Waals surface area contributed by atoms with Gasteiger partial charge in [-0.3, -0.25) is 0 Å². The van der Waals surface area contributed by atoms with Crippen LogP contribution >= 0.6 is 0 Å². The molecule has 1 saturated heterocycles. The Balaban J connectivity index is 2.07. The fraction of sp³-hybridized carbons (Fsp3) is 0.500. The molecule has 1 aromatic rings. The average Bonchev–Trinajstić information content (AvgIpc) is 2.37. The molecule has 2 aliphatic heterocycles. The van der Waals surface area contributed by atoms with E-state index in [1.807, 2.05) is 32.3 Å². The van der Waals surface area contributed by atoms with E-state index in [2.05, 4.69) is 17.0 Å². The van der Waals surface area contributed by atoms with E-state index in [0.29, 0.717) is 6.42 Å². The molecule has 4 heteroatoms. The minimum absolute atomic E-state index is 0.170. The van der Waals surface area contributed by atoms with E-state index >= 15 is 0 Å². The van der Waals surface area contributed by atoms with Gasteiger partial charge < -0.3 is 4.90 Å². The maximum absolute atomic E-state index is 12.3. The molecular formula is C16H21NO2S. The summed E-state index contributed by atoms with van der Waals surface area (Å²) in [6, 6.07) is 8.26. The summed E-state index contributed by atoms with van der Waals surface area (Å²) in [5.74, 6) is 0. The zero-order chi connectivity index (χ0) is 14.3. The van der Waals surface area contributed by atoms with Crippen molar-refractivity contribution in [2.24, 2.45) is 0 Å². The first-order chi connectivity index (χ1) is 9.50. The lowest BCUT2D eigenvalue weighted by molar-refractivity contribution is 0.518. The van der Waals surface area contributed by atoms with Crippen molar-refractivity contribution in [3.8, 4) is 0 Å². The van der Waals surface area contributed by atoms with Crippen LogP contribution in [0, 0.1) is 0 Å². The van der Waals surface area contributed by atoms with Gasteiger partial charge in [0.25, 0.3) is 0 Å². The number of allylic oxidation sites excluding steroid dienone is 1. The van der Waals surface area contributed by atoms with Crippen LogP contribution in [0.5, 0.6) is 0 Å². The van der Waals surface area contributed by atoms with Crippen LogP contribution in [0.2, 0.25) is 0 Å². The van der Waals surface area contributed by atoms with Crippen molar-refractivity contribution >= 4 is 21.1 Å². The molecule has 0 aliphatic carbocycles. The first-order valence-corrected chi connectivity index (χ1v) is 8.81. The van der Waals surface area contributed by atoms with Crippen LogP contribution in [0.3, 0.4) is 0 Å². The Kier molecular flexibility index (Phi) is 3.36. The molecule has 2 aliphatic rings. The van der Waals surface area contributed by atoms with Gasteiger partial charge in [-0.15, -0.1) is 0 Å². The minimum atomic E-state index is -2.93. The highest BCUT2D eigenvalue weighted by molar-refractivity contribution is 7.93. The molecule has 2 heterocycles. The average molecular weight is 291 g/mol. The summed E-state index contributed by atoms with van der Waals surface area (Å²) in [7, 11) is 1.13. The first-order valence-electron chi connectivity index (χ1n) is 7.20. The second-order valence-corrected chi connectivity index (χ2v) is 8.44. The van der Waals surface area contributed by atoms with Gasteiger partial charge in [-0.2, -0.15) is 0 Å². The van der Waals surface area contributed by atoms with Gasteiger partial charge in [0.2, 0.25) is 0 Å². The van der Waals surface area contributed by atoms with Crippen molar-refractivity contribution in [1.82, 2.24) is 0 Å². The summed E-state index contributed by atoms with van der Waals surface area (Å²) in [4.78, 5) is 2.09. The van der Waals surface area contributed by atoms with Gasteiger partial charge in [-0.05, 0) is 30.9 Å². The number of anilines is 1.